The topological polar surface area (TPSA) is 104 Å². The van der Waals surface area contributed by atoms with Crippen molar-refractivity contribution >= 4 is 11.9 Å². The summed E-state index contributed by atoms with van der Waals surface area (Å²) in [5, 5.41) is 3.09. The van der Waals surface area contributed by atoms with Crippen LogP contribution in [-0.2, 0) is 13.0 Å². The molecule has 0 aliphatic carbocycles. The number of nitrogens with one attached hydrogen (secondary N) is 1. The van der Waals surface area contributed by atoms with E-state index in [1.54, 1.807) is 6.20 Å². The molecular formula is C28H42N6O2. The van der Waals surface area contributed by atoms with Gasteiger partial charge in [-0.25, -0.2) is 4.79 Å². The minimum atomic E-state index is -0.421. The molecule has 36 heavy (non-hydrogen) atoms. The molecule has 3 rings (SSSR count). The largest absolute Gasteiger partial charge is 0.366 e. The summed E-state index contributed by atoms with van der Waals surface area (Å²) < 4.78 is 0. The monoisotopic (exact) mass is 494 g/mol. The molecule has 0 spiro atoms. The first kappa shape index (κ1) is 27.6. The summed E-state index contributed by atoms with van der Waals surface area (Å²) in [6.07, 6.45) is 7.39. The van der Waals surface area contributed by atoms with Crippen molar-refractivity contribution in [3.8, 4) is 0 Å². The third-order valence-corrected chi connectivity index (χ3v) is 7.24. The third-order valence-electron chi connectivity index (χ3n) is 7.24. The van der Waals surface area contributed by atoms with Crippen LogP contribution < -0.4 is 11.1 Å². The van der Waals surface area contributed by atoms with Crippen LogP contribution >= 0.6 is 0 Å². The van der Waals surface area contributed by atoms with Crippen LogP contribution in [0.4, 0.5) is 4.79 Å². The molecule has 1 aliphatic heterocycles. The average molecular weight is 495 g/mol. The first-order valence-electron chi connectivity index (χ1n) is 13.0. The van der Waals surface area contributed by atoms with Gasteiger partial charge in [0.05, 0.1) is 11.3 Å². The maximum Gasteiger partial charge on any atom is 0.318 e. The van der Waals surface area contributed by atoms with Gasteiger partial charge >= 0.3 is 6.03 Å². The third kappa shape index (κ3) is 7.03. The summed E-state index contributed by atoms with van der Waals surface area (Å²) in [7, 11) is 0. The Balaban J connectivity index is 1.60. The highest BCUT2D eigenvalue weighted by Gasteiger charge is 2.30. The van der Waals surface area contributed by atoms with Crippen LogP contribution in [0.25, 0.3) is 0 Å². The van der Waals surface area contributed by atoms with Crippen LogP contribution in [-0.4, -0.2) is 62.9 Å². The number of nitrogens with zero attached hydrogens (tertiary/aromatic N) is 4. The van der Waals surface area contributed by atoms with Gasteiger partial charge in [-0.1, -0.05) is 0 Å². The van der Waals surface area contributed by atoms with Gasteiger partial charge in [0.15, 0.2) is 0 Å². The van der Waals surface area contributed by atoms with Crippen LogP contribution in [0.15, 0.2) is 24.5 Å². The van der Waals surface area contributed by atoms with Gasteiger partial charge in [-0.15, -0.1) is 0 Å². The summed E-state index contributed by atoms with van der Waals surface area (Å²) in [6, 6.07) is 4.67. The molecule has 2 aromatic heterocycles. The van der Waals surface area contributed by atoms with Crippen LogP contribution in [0.1, 0.15) is 78.5 Å². The second-order valence-electron chi connectivity index (χ2n) is 10.4. The van der Waals surface area contributed by atoms with Crippen LogP contribution in [0.5, 0.6) is 0 Å². The van der Waals surface area contributed by atoms with Crippen molar-refractivity contribution in [2.75, 3.05) is 13.1 Å². The number of likely N-dealkylation sites (tertiary alicyclic amines) is 1. The summed E-state index contributed by atoms with van der Waals surface area (Å²) >= 11 is 0. The number of carbonyl (C=O) groups excluding carboxylic acids is 2. The van der Waals surface area contributed by atoms with E-state index in [0.717, 1.165) is 61.2 Å². The van der Waals surface area contributed by atoms with E-state index < -0.39 is 5.91 Å². The summed E-state index contributed by atoms with van der Waals surface area (Å²) in [5.74, 6) is -0.421. The average Bonchev–Trinajstić information content (AvgIpc) is 2.81. The number of nitrogens with two attached hydrogens (primary N) is 1. The van der Waals surface area contributed by atoms with Gasteiger partial charge in [0.1, 0.15) is 0 Å². The predicted molar refractivity (Wildman–Crippen MR) is 143 cm³/mol. The highest BCUT2D eigenvalue weighted by atomic mass is 16.2. The fourth-order valence-corrected chi connectivity index (χ4v) is 5.13. The minimum Gasteiger partial charge on any atom is -0.366 e. The molecule has 3 heterocycles. The first-order valence-corrected chi connectivity index (χ1v) is 13.0. The van der Waals surface area contributed by atoms with E-state index in [1.807, 2.05) is 50.9 Å². The van der Waals surface area contributed by atoms with Gasteiger partial charge in [0, 0.05) is 55.8 Å². The van der Waals surface area contributed by atoms with Crippen LogP contribution in [0.3, 0.4) is 0 Å². The lowest BCUT2D eigenvalue weighted by molar-refractivity contribution is 0.0938. The number of primary amides is 1. The summed E-state index contributed by atoms with van der Waals surface area (Å²) in [4.78, 5) is 38.2. The lowest BCUT2D eigenvalue weighted by Gasteiger charge is -2.41. The summed E-state index contributed by atoms with van der Waals surface area (Å²) in [5.41, 5.74) is 10.9. The molecule has 0 saturated carbocycles. The number of urea groups is 1. The van der Waals surface area contributed by atoms with E-state index >= 15 is 0 Å². The number of hydrogen-bond donors (Lipinski definition) is 2. The minimum absolute atomic E-state index is 0.00373. The van der Waals surface area contributed by atoms with Crippen LogP contribution in [0.2, 0.25) is 0 Å². The zero-order chi connectivity index (χ0) is 26.4. The van der Waals surface area contributed by atoms with E-state index in [2.05, 4.69) is 34.0 Å². The SMILES string of the molecule is Cc1ccncc1CN(C(=O)NC(C)C)C1CCN([C@H](C)CCc2cc(C)c(C(N)=O)c(C)n2)CC1. The fourth-order valence-electron chi connectivity index (χ4n) is 5.13. The van der Waals surface area contributed by atoms with Gasteiger partial charge in [-0.3, -0.25) is 14.8 Å². The predicted octanol–water partition coefficient (Wildman–Crippen LogP) is 3.91. The van der Waals surface area contributed by atoms with Gasteiger partial charge in [0.25, 0.3) is 5.91 Å². The molecule has 8 heteroatoms. The number of amides is 3. The number of pyridine rings is 2. The Kier molecular flexibility index (Phi) is 9.43. The highest BCUT2D eigenvalue weighted by Crippen LogP contribution is 2.23. The van der Waals surface area contributed by atoms with Crippen molar-refractivity contribution in [1.82, 2.24) is 25.1 Å². The molecule has 0 unspecified atom stereocenters. The van der Waals surface area contributed by atoms with E-state index in [0.29, 0.717) is 23.8 Å². The Bertz CT molecular complexity index is 1040. The molecule has 0 aromatic carbocycles. The van der Waals surface area contributed by atoms with Gasteiger partial charge < -0.3 is 20.9 Å². The van der Waals surface area contributed by atoms with Crippen molar-refractivity contribution in [2.45, 2.75) is 91.9 Å². The Morgan fingerprint density at radius 1 is 1.17 bits per heavy atom. The number of aryl methyl sites for hydroxylation is 4. The zero-order valence-electron chi connectivity index (χ0n) is 22.7. The first-order chi connectivity index (χ1) is 17.1. The molecule has 1 atom stereocenters. The van der Waals surface area contributed by atoms with E-state index in [1.165, 1.54) is 0 Å². The lowest BCUT2D eigenvalue weighted by Crippen LogP contribution is -2.52. The molecule has 8 nitrogen and oxygen atoms in total. The quantitative estimate of drug-likeness (QED) is 0.550. The van der Waals surface area contributed by atoms with Crippen molar-refractivity contribution in [3.05, 3.63) is 58.2 Å². The molecule has 196 valence electrons. The van der Waals surface area contributed by atoms with Gasteiger partial charge in [-0.05, 0) is 96.0 Å². The number of hydrogen-bond acceptors (Lipinski definition) is 5. The number of aromatic nitrogens is 2. The molecular weight excluding hydrogens is 452 g/mol. The van der Waals surface area contributed by atoms with Crippen molar-refractivity contribution in [1.29, 1.82) is 0 Å². The van der Waals surface area contributed by atoms with Gasteiger partial charge in [0.2, 0.25) is 0 Å². The molecule has 3 amide bonds. The Labute approximate surface area is 215 Å². The Hall–Kier alpha value is -3.00. The number of carbonyl (C=O) groups is 2. The van der Waals surface area contributed by atoms with Crippen molar-refractivity contribution < 1.29 is 9.59 Å². The molecule has 1 saturated heterocycles. The van der Waals surface area contributed by atoms with Crippen LogP contribution in [0, 0.1) is 20.8 Å². The smallest absolute Gasteiger partial charge is 0.318 e. The molecule has 1 fully saturated rings. The Morgan fingerprint density at radius 2 is 1.86 bits per heavy atom. The number of piperidine rings is 1. The van der Waals surface area contributed by atoms with E-state index in [4.69, 9.17) is 5.73 Å². The maximum absolute atomic E-state index is 13.1. The van der Waals surface area contributed by atoms with E-state index in [9.17, 15) is 9.59 Å². The summed E-state index contributed by atoms with van der Waals surface area (Å²) in [6.45, 7) is 14.6. The standard InChI is InChI=1S/C28H42N6O2/c1-18(2)31-28(36)34(17-23-16-30-12-9-19(23)3)25-10-13-33(14-11-25)21(5)7-8-24-15-20(4)26(27(29)35)22(6)32-24/h9,12,15-16,18,21,25H,7-8,10-11,13-14,17H2,1-6H3,(H2,29,35)(H,31,36)/t21-/m1/s1. The molecule has 2 aromatic rings. The van der Waals surface area contributed by atoms with Gasteiger partial charge in [-0.2, -0.15) is 0 Å². The number of rotatable bonds is 9. The fraction of sp³-hybridized carbons (Fsp3) is 0.571. The Morgan fingerprint density at radius 3 is 2.44 bits per heavy atom. The van der Waals surface area contributed by atoms with E-state index in [-0.39, 0.29) is 18.1 Å². The lowest BCUT2D eigenvalue weighted by atomic mass is 9.98. The normalized spacial score (nSPS) is 15.6. The molecule has 0 bridgehead atoms. The highest BCUT2D eigenvalue weighted by molar-refractivity contribution is 5.95. The maximum atomic E-state index is 13.1. The molecule has 1 aliphatic rings. The van der Waals surface area contributed by atoms with Crippen molar-refractivity contribution in [3.63, 3.8) is 0 Å². The molecule has 0 radical (unpaired) electrons. The molecule has 3 N–H and O–H groups in total. The zero-order valence-corrected chi connectivity index (χ0v) is 22.7. The van der Waals surface area contributed by atoms with Crippen molar-refractivity contribution in [2.24, 2.45) is 5.73 Å². The second-order valence-corrected chi connectivity index (χ2v) is 10.4. The second kappa shape index (κ2) is 12.3.